The van der Waals surface area contributed by atoms with E-state index in [9.17, 15) is 18.8 Å². The molecule has 3 atom stereocenters. The molecule has 0 saturated carbocycles. The number of aliphatic hydroxyl groups excluding tert-OH is 1. The topological polar surface area (TPSA) is 111 Å². The highest BCUT2D eigenvalue weighted by atomic mass is 19.1. The monoisotopic (exact) mass is 288 g/mol. The third-order valence-electron chi connectivity index (χ3n) is 2.91. The molecule has 1 fully saturated rings. The van der Waals surface area contributed by atoms with Crippen molar-refractivity contribution in [3.8, 4) is 0 Å². The number of aromatic amines is 1. The first-order valence-corrected chi connectivity index (χ1v) is 5.87. The summed E-state index contributed by atoms with van der Waals surface area (Å²) in [5.41, 5.74) is -1.97. The number of aromatic nitrogens is 2. The van der Waals surface area contributed by atoms with E-state index in [2.05, 4.69) is 0 Å². The summed E-state index contributed by atoms with van der Waals surface area (Å²) in [5.74, 6) is -1.69. The lowest BCUT2D eigenvalue weighted by Crippen LogP contribution is -2.34. The number of nitrogens with zero attached hydrogens (tertiary/aromatic N) is 1. The van der Waals surface area contributed by atoms with Gasteiger partial charge in [0.2, 0.25) is 5.82 Å². The molecule has 110 valence electrons. The summed E-state index contributed by atoms with van der Waals surface area (Å²) in [5, 5.41) is 9.15. The molecule has 20 heavy (non-hydrogen) atoms. The molecule has 0 aliphatic carbocycles. The summed E-state index contributed by atoms with van der Waals surface area (Å²) in [6, 6.07) is 0. The van der Waals surface area contributed by atoms with Gasteiger partial charge in [-0.05, 0) is 0 Å². The van der Waals surface area contributed by atoms with E-state index in [1.165, 1.54) is 6.92 Å². The molecule has 1 aliphatic rings. The van der Waals surface area contributed by atoms with Gasteiger partial charge in [-0.2, -0.15) is 4.39 Å². The number of halogens is 1. The van der Waals surface area contributed by atoms with Crippen LogP contribution in [0.4, 0.5) is 4.39 Å². The second-order valence-electron chi connectivity index (χ2n) is 4.34. The Balaban J connectivity index is 2.27. The Labute approximate surface area is 111 Å². The number of esters is 1. The summed E-state index contributed by atoms with van der Waals surface area (Å²) in [6.45, 7) is 0.780. The lowest BCUT2D eigenvalue weighted by atomic mass is 10.2. The largest absolute Gasteiger partial charge is 0.460 e. The van der Waals surface area contributed by atoms with Crippen LogP contribution in [0.3, 0.4) is 0 Å². The number of aliphatic hydroxyl groups is 1. The molecular weight excluding hydrogens is 275 g/mol. The molecule has 1 saturated heterocycles. The van der Waals surface area contributed by atoms with Crippen molar-refractivity contribution in [3.63, 3.8) is 0 Å². The van der Waals surface area contributed by atoms with Crippen molar-refractivity contribution in [2.45, 2.75) is 31.8 Å². The van der Waals surface area contributed by atoms with Crippen LogP contribution >= 0.6 is 0 Å². The number of carbonyl (C=O) groups excluding carboxylic acids is 1. The average Bonchev–Trinajstić information content (AvgIpc) is 2.75. The van der Waals surface area contributed by atoms with Crippen molar-refractivity contribution in [3.05, 3.63) is 32.9 Å². The fourth-order valence-corrected chi connectivity index (χ4v) is 2.05. The minimum Gasteiger partial charge on any atom is -0.460 e. The molecule has 0 spiro atoms. The van der Waals surface area contributed by atoms with Crippen LogP contribution in [0.2, 0.25) is 0 Å². The van der Waals surface area contributed by atoms with Gasteiger partial charge in [-0.25, -0.2) is 4.79 Å². The molecule has 0 aromatic carbocycles. The number of ether oxygens (including phenoxy) is 2. The molecule has 9 heteroatoms. The van der Waals surface area contributed by atoms with Crippen LogP contribution in [-0.2, 0) is 14.3 Å². The first kappa shape index (κ1) is 14.4. The van der Waals surface area contributed by atoms with Crippen molar-refractivity contribution < 1.29 is 23.8 Å². The van der Waals surface area contributed by atoms with E-state index in [0.717, 1.165) is 10.8 Å². The molecule has 0 amide bonds. The molecule has 1 unspecified atom stereocenters. The summed E-state index contributed by atoms with van der Waals surface area (Å²) in [6.07, 6.45) is -1.71. The third kappa shape index (κ3) is 2.78. The maximum absolute atomic E-state index is 13.2. The van der Waals surface area contributed by atoms with Gasteiger partial charge in [0, 0.05) is 13.3 Å². The van der Waals surface area contributed by atoms with E-state index in [4.69, 9.17) is 14.6 Å². The molecule has 1 aromatic heterocycles. The minimum absolute atomic E-state index is 0.0657. The molecule has 2 rings (SSSR count). The number of carbonyl (C=O) groups is 1. The van der Waals surface area contributed by atoms with E-state index >= 15 is 0 Å². The summed E-state index contributed by atoms with van der Waals surface area (Å²) < 4.78 is 24.3. The molecule has 1 aromatic rings. The van der Waals surface area contributed by atoms with Crippen molar-refractivity contribution in [1.29, 1.82) is 0 Å². The minimum atomic E-state index is -1.13. The Kier molecular flexibility index (Phi) is 4.00. The standard InChI is InChI=1S/C11H13FN2O6/c1-5(16)19-7-2-9(20-8(7)4-15)14-3-6(12)10(17)13-11(14)18/h3,7-9,15H,2,4H2,1H3,(H,13,17,18)/t7-,8+,9?/m0/s1. The molecule has 2 heterocycles. The highest BCUT2D eigenvalue weighted by Gasteiger charge is 2.38. The molecular formula is C11H13FN2O6. The van der Waals surface area contributed by atoms with Crippen LogP contribution in [0.25, 0.3) is 0 Å². The van der Waals surface area contributed by atoms with Gasteiger partial charge in [0.25, 0.3) is 5.56 Å². The van der Waals surface area contributed by atoms with Gasteiger partial charge in [0.15, 0.2) is 0 Å². The predicted molar refractivity (Wildman–Crippen MR) is 62.4 cm³/mol. The Morgan fingerprint density at radius 1 is 1.65 bits per heavy atom. The lowest BCUT2D eigenvalue weighted by Gasteiger charge is -2.15. The van der Waals surface area contributed by atoms with Gasteiger partial charge < -0.3 is 14.6 Å². The van der Waals surface area contributed by atoms with E-state index in [0.29, 0.717) is 0 Å². The predicted octanol–water partition coefficient (Wildman–Crippen LogP) is -1.11. The first-order valence-electron chi connectivity index (χ1n) is 5.87. The van der Waals surface area contributed by atoms with Crippen LogP contribution in [0, 0.1) is 5.82 Å². The normalized spacial score (nSPS) is 25.6. The van der Waals surface area contributed by atoms with Crippen LogP contribution in [-0.4, -0.2) is 39.4 Å². The second kappa shape index (κ2) is 5.55. The third-order valence-corrected chi connectivity index (χ3v) is 2.91. The number of rotatable bonds is 3. The maximum Gasteiger partial charge on any atom is 0.330 e. The quantitative estimate of drug-likeness (QED) is 0.682. The van der Waals surface area contributed by atoms with Crippen molar-refractivity contribution >= 4 is 5.97 Å². The van der Waals surface area contributed by atoms with Gasteiger partial charge in [-0.3, -0.25) is 19.1 Å². The van der Waals surface area contributed by atoms with E-state index in [1.54, 1.807) is 4.98 Å². The fraction of sp³-hybridized carbons (Fsp3) is 0.545. The number of H-pyrrole nitrogens is 1. The van der Waals surface area contributed by atoms with Gasteiger partial charge in [0.05, 0.1) is 12.8 Å². The zero-order valence-electron chi connectivity index (χ0n) is 10.5. The number of hydrogen-bond acceptors (Lipinski definition) is 6. The van der Waals surface area contributed by atoms with Crippen LogP contribution in [0.15, 0.2) is 15.8 Å². The smallest absolute Gasteiger partial charge is 0.330 e. The van der Waals surface area contributed by atoms with Gasteiger partial charge >= 0.3 is 11.7 Å². The second-order valence-corrected chi connectivity index (χ2v) is 4.34. The van der Waals surface area contributed by atoms with Gasteiger partial charge in [-0.1, -0.05) is 0 Å². The van der Waals surface area contributed by atoms with E-state index < -0.39 is 48.1 Å². The Morgan fingerprint density at radius 3 is 2.95 bits per heavy atom. The fourth-order valence-electron chi connectivity index (χ4n) is 2.05. The maximum atomic E-state index is 13.2. The Hall–Kier alpha value is -2.00. The summed E-state index contributed by atoms with van der Waals surface area (Å²) in [7, 11) is 0. The SMILES string of the molecule is CC(=O)O[C@H]1CC(n2cc(F)c(=O)[nH]c2=O)O[C@@H]1CO. The van der Waals surface area contributed by atoms with E-state index in [1.807, 2.05) is 0 Å². The molecule has 0 radical (unpaired) electrons. The molecule has 8 nitrogen and oxygen atoms in total. The van der Waals surface area contributed by atoms with E-state index in [-0.39, 0.29) is 6.42 Å². The molecule has 2 N–H and O–H groups in total. The first-order chi connectivity index (χ1) is 9.42. The highest BCUT2D eigenvalue weighted by Crippen LogP contribution is 2.29. The average molecular weight is 288 g/mol. The van der Waals surface area contributed by atoms with Crippen LogP contribution < -0.4 is 11.2 Å². The Morgan fingerprint density at radius 2 is 2.35 bits per heavy atom. The van der Waals surface area contributed by atoms with Crippen LogP contribution in [0.5, 0.6) is 0 Å². The van der Waals surface area contributed by atoms with Gasteiger partial charge in [-0.15, -0.1) is 0 Å². The molecule has 1 aliphatic heterocycles. The van der Waals surface area contributed by atoms with Crippen molar-refractivity contribution in [2.75, 3.05) is 6.61 Å². The summed E-state index contributed by atoms with van der Waals surface area (Å²) >= 11 is 0. The van der Waals surface area contributed by atoms with Crippen molar-refractivity contribution in [1.82, 2.24) is 9.55 Å². The zero-order chi connectivity index (χ0) is 14.9. The highest BCUT2D eigenvalue weighted by molar-refractivity contribution is 5.66. The summed E-state index contributed by atoms with van der Waals surface area (Å²) in [4.78, 5) is 35.3. The van der Waals surface area contributed by atoms with Gasteiger partial charge in [0.1, 0.15) is 18.4 Å². The van der Waals surface area contributed by atoms with Crippen molar-refractivity contribution in [2.24, 2.45) is 0 Å². The zero-order valence-corrected chi connectivity index (χ0v) is 10.5. The Bertz CT molecular complexity index is 624. The van der Waals surface area contributed by atoms with Crippen LogP contribution in [0.1, 0.15) is 19.6 Å². The lowest BCUT2D eigenvalue weighted by molar-refractivity contribution is -0.150. The number of nitrogens with one attached hydrogen (secondary N) is 1. The number of hydrogen-bond donors (Lipinski definition) is 2. The molecule has 0 bridgehead atoms.